The summed E-state index contributed by atoms with van der Waals surface area (Å²) in [5, 5.41) is 11.1. The van der Waals surface area contributed by atoms with E-state index >= 15 is 0 Å². The van der Waals surface area contributed by atoms with Crippen LogP contribution in [0.4, 0.5) is 5.69 Å². The second-order valence-corrected chi connectivity index (χ2v) is 6.82. The van der Waals surface area contributed by atoms with Gasteiger partial charge >= 0.3 is 0 Å². The first-order chi connectivity index (χ1) is 13.9. The van der Waals surface area contributed by atoms with Crippen molar-refractivity contribution in [2.75, 3.05) is 18.2 Å². The molecule has 2 amide bonds. The molecule has 0 aliphatic carbocycles. The Morgan fingerprint density at radius 1 is 1.17 bits per heavy atom. The maximum Gasteiger partial charge on any atom is 0.264 e. The van der Waals surface area contributed by atoms with Gasteiger partial charge in [-0.2, -0.15) is 0 Å². The lowest BCUT2D eigenvalue weighted by Gasteiger charge is -2.21. The van der Waals surface area contributed by atoms with Crippen molar-refractivity contribution in [2.45, 2.75) is 12.0 Å². The Labute approximate surface area is 166 Å². The number of hydrogen-bond acceptors (Lipinski definition) is 6. The molecule has 148 valence electrons. The average molecular weight is 394 g/mol. The van der Waals surface area contributed by atoms with E-state index in [0.717, 1.165) is 4.90 Å². The van der Waals surface area contributed by atoms with Gasteiger partial charge in [-0.05, 0) is 29.8 Å². The maximum atomic E-state index is 12.8. The molecule has 2 aromatic rings. The third kappa shape index (κ3) is 3.34. The molecule has 1 unspecified atom stereocenters. The summed E-state index contributed by atoms with van der Waals surface area (Å²) in [6.45, 7) is -0.225. The number of primary amides is 1. The van der Waals surface area contributed by atoms with Gasteiger partial charge in [0.1, 0.15) is 6.54 Å². The summed E-state index contributed by atoms with van der Waals surface area (Å²) < 4.78 is 10.5. The average Bonchev–Trinajstić information content (AvgIpc) is 3.24. The Hall–Kier alpha value is -3.65. The molecule has 0 aromatic heterocycles. The molecule has 0 fully saturated rings. The largest absolute Gasteiger partial charge is 0.454 e. The second kappa shape index (κ2) is 7.06. The summed E-state index contributed by atoms with van der Waals surface area (Å²) in [4.78, 5) is 37.8. The topological polar surface area (TPSA) is 119 Å². The number of amides is 2. The quantitative estimate of drug-likeness (QED) is 0.709. The molecular formula is C21H18N2O6. The lowest BCUT2D eigenvalue weighted by atomic mass is 9.89. The number of anilines is 1. The standard InChI is InChI=1S/C21H18N2O6/c22-19(25)11-23-16-4-2-1-3-15(16)21(27,20(23)26)10-14(24)7-5-13-6-8-17-18(9-13)29-12-28-17/h1-9,27H,10-12H2,(H2,22,25)/b7-5+. The number of fused-ring (bicyclic) bond motifs is 2. The lowest BCUT2D eigenvalue weighted by Crippen LogP contribution is -2.44. The predicted molar refractivity (Wildman–Crippen MR) is 103 cm³/mol. The highest BCUT2D eigenvalue weighted by Crippen LogP contribution is 2.42. The number of benzene rings is 2. The Morgan fingerprint density at radius 2 is 1.93 bits per heavy atom. The summed E-state index contributed by atoms with van der Waals surface area (Å²) in [5.74, 6) is -0.700. The maximum absolute atomic E-state index is 12.8. The van der Waals surface area contributed by atoms with Crippen LogP contribution < -0.4 is 20.1 Å². The third-order valence-corrected chi connectivity index (χ3v) is 4.84. The van der Waals surface area contributed by atoms with Gasteiger partial charge in [0.05, 0.1) is 12.1 Å². The van der Waals surface area contributed by atoms with Crippen LogP contribution in [0.15, 0.2) is 48.5 Å². The first-order valence-corrected chi connectivity index (χ1v) is 8.91. The van der Waals surface area contributed by atoms with Crippen LogP contribution in [-0.4, -0.2) is 36.0 Å². The molecule has 1 atom stereocenters. The Balaban J connectivity index is 1.55. The molecule has 8 nitrogen and oxygen atoms in total. The number of carbonyl (C=O) groups is 3. The van der Waals surface area contributed by atoms with Crippen molar-refractivity contribution in [3.05, 3.63) is 59.7 Å². The minimum atomic E-state index is -2.05. The Morgan fingerprint density at radius 3 is 2.72 bits per heavy atom. The van der Waals surface area contributed by atoms with Crippen molar-refractivity contribution >= 4 is 29.4 Å². The molecule has 2 aromatic carbocycles. The van der Waals surface area contributed by atoms with E-state index in [4.69, 9.17) is 15.2 Å². The van der Waals surface area contributed by atoms with E-state index in [9.17, 15) is 19.5 Å². The molecule has 0 saturated carbocycles. The van der Waals surface area contributed by atoms with Crippen LogP contribution in [0, 0.1) is 0 Å². The minimum Gasteiger partial charge on any atom is -0.454 e. The molecule has 0 radical (unpaired) electrons. The summed E-state index contributed by atoms with van der Waals surface area (Å²) in [5.41, 5.74) is 4.52. The molecular weight excluding hydrogens is 376 g/mol. The number of allylic oxidation sites excluding steroid dienone is 1. The number of nitrogens with zero attached hydrogens (tertiary/aromatic N) is 1. The van der Waals surface area contributed by atoms with Crippen molar-refractivity contribution in [3.8, 4) is 11.5 Å². The molecule has 2 aliphatic rings. The number of ether oxygens (including phenoxy) is 2. The zero-order chi connectivity index (χ0) is 20.6. The molecule has 8 heteroatoms. The molecule has 0 spiro atoms. The van der Waals surface area contributed by atoms with Gasteiger partial charge in [-0.1, -0.05) is 30.3 Å². The zero-order valence-corrected chi connectivity index (χ0v) is 15.3. The molecule has 29 heavy (non-hydrogen) atoms. The van der Waals surface area contributed by atoms with Gasteiger partial charge in [0, 0.05) is 5.56 Å². The van der Waals surface area contributed by atoms with Gasteiger partial charge in [-0.15, -0.1) is 0 Å². The first-order valence-electron chi connectivity index (χ1n) is 8.91. The first kappa shape index (κ1) is 18.7. The van der Waals surface area contributed by atoms with Gasteiger partial charge in [0.2, 0.25) is 12.7 Å². The molecule has 4 rings (SSSR count). The van der Waals surface area contributed by atoms with Crippen LogP contribution in [0.2, 0.25) is 0 Å². The predicted octanol–water partition coefficient (Wildman–Crippen LogP) is 1.11. The highest BCUT2D eigenvalue weighted by Gasteiger charge is 2.50. The number of carbonyl (C=O) groups excluding carboxylic acids is 3. The van der Waals surface area contributed by atoms with E-state index in [1.165, 1.54) is 6.08 Å². The zero-order valence-electron chi connectivity index (χ0n) is 15.3. The van der Waals surface area contributed by atoms with Crippen LogP contribution in [0.3, 0.4) is 0 Å². The van der Waals surface area contributed by atoms with Gasteiger partial charge in [-0.25, -0.2) is 0 Å². The van der Waals surface area contributed by atoms with E-state index in [-0.39, 0.29) is 18.9 Å². The smallest absolute Gasteiger partial charge is 0.264 e. The van der Waals surface area contributed by atoms with Crippen molar-refractivity contribution in [1.82, 2.24) is 0 Å². The third-order valence-electron chi connectivity index (χ3n) is 4.84. The second-order valence-electron chi connectivity index (χ2n) is 6.82. The van der Waals surface area contributed by atoms with Crippen molar-refractivity contribution in [1.29, 1.82) is 0 Å². The van der Waals surface area contributed by atoms with Crippen LogP contribution >= 0.6 is 0 Å². The fraction of sp³-hybridized carbons (Fsp3) is 0.190. The van der Waals surface area contributed by atoms with E-state index < -0.39 is 29.6 Å². The summed E-state index contributed by atoms with van der Waals surface area (Å²) in [6, 6.07) is 11.7. The molecule has 2 aliphatic heterocycles. The highest BCUT2D eigenvalue weighted by atomic mass is 16.7. The van der Waals surface area contributed by atoms with Gasteiger partial charge in [0.25, 0.3) is 5.91 Å². The fourth-order valence-corrected chi connectivity index (χ4v) is 3.51. The van der Waals surface area contributed by atoms with Crippen LogP contribution in [0.1, 0.15) is 17.5 Å². The molecule has 3 N–H and O–H groups in total. The number of rotatable bonds is 6. The number of aliphatic hydroxyl groups is 1. The van der Waals surface area contributed by atoms with E-state index in [0.29, 0.717) is 22.7 Å². The van der Waals surface area contributed by atoms with Gasteiger partial charge < -0.3 is 20.3 Å². The fourth-order valence-electron chi connectivity index (χ4n) is 3.51. The van der Waals surface area contributed by atoms with Crippen LogP contribution in [0.25, 0.3) is 6.08 Å². The number of nitrogens with two attached hydrogens (primary N) is 1. The monoisotopic (exact) mass is 394 g/mol. The van der Waals surface area contributed by atoms with Crippen molar-refractivity contribution in [3.63, 3.8) is 0 Å². The molecule has 0 bridgehead atoms. The van der Waals surface area contributed by atoms with Crippen LogP contribution in [-0.2, 0) is 20.0 Å². The van der Waals surface area contributed by atoms with E-state index in [1.54, 1.807) is 48.5 Å². The SMILES string of the molecule is NC(=O)CN1C(=O)C(O)(CC(=O)/C=C/c2ccc3c(c2)OCO3)c2ccccc21. The number of ketones is 1. The Bertz CT molecular complexity index is 1050. The Kier molecular flexibility index (Phi) is 4.56. The lowest BCUT2D eigenvalue weighted by molar-refractivity contribution is -0.141. The summed E-state index contributed by atoms with van der Waals surface area (Å²) in [7, 11) is 0. The highest BCUT2D eigenvalue weighted by molar-refractivity contribution is 6.12. The van der Waals surface area contributed by atoms with Crippen LogP contribution in [0.5, 0.6) is 11.5 Å². The number of para-hydroxylation sites is 1. The van der Waals surface area contributed by atoms with E-state index in [1.807, 2.05) is 0 Å². The van der Waals surface area contributed by atoms with Gasteiger partial charge in [0.15, 0.2) is 22.9 Å². The molecule has 2 heterocycles. The van der Waals surface area contributed by atoms with Crippen molar-refractivity contribution < 1.29 is 29.0 Å². The molecule has 0 saturated heterocycles. The summed E-state index contributed by atoms with van der Waals surface area (Å²) >= 11 is 0. The van der Waals surface area contributed by atoms with Gasteiger partial charge in [-0.3, -0.25) is 19.3 Å². The normalized spacial score (nSPS) is 19.6. The van der Waals surface area contributed by atoms with E-state index in [2.05, 4.69) is 0 Å². The number of hydrogen-bond donors (Lipinski definition) is 2. The van der Waals surface area contributed by atoms with Crippen molar-refractivity contribution in [2.24, 2.45) is 5.73 Å². The summed E-state index contributed by atoms with van der Waals surface area (Å²) in [6.07, 6.45) is 2.40. The minimum absolute atomic E-state index is 0.151.